The number of nitrogens with one attached hydrogen (secondary N) is 1. The van der Waals surface area contributed by atoms with Crippen molar-refractivity contribution in [3.05, 3.63) is 87.8 Å². The Kier molecular flexibility index (Phi) is 6.16. The number of aromatic nitrogens is 3. The van der Waals surface area contributed by atoms with E-state index in [1.165, 1.54) is 30.0 Å². The standard InChI is InChI=1S/C27H27N3O4/c31-26-22(15-18-7-3-1-4-8-18)24(29-25-23(27(32)33)16-28-30(25)26)20-11-13-21(14-12-20)34-17-19-9-5-2-6-10-19/h2,5-6,9-14,16,18,28H,1,3-4,7-8,15,17H2,(H,32,33). The van der Waals surface area contributed by atoms with Crippen LogP contribution in [0.25, 0.3) is 16.9 Å². The number of aromatic amines is 1. The number of rotatable bonds is 7. The second-order valence-electron chi connectivity index (χ2n) is 8.90. The topological polar surface area (TPSA) is 96.7 Å². The van der Waals surface area contributed by atoms with Gasteiger partial charge in [-0.25, -0.2) is 14.3 Å². The van der Waals surface area contributed by atoms with Crippen LogP contribution in [0.15, 0.2) is 65.6 Å². The number of nitrogens with zero attached hydrogens (tertiary/aromatic N) is 2. The minimum Gasteiger partial charge on any atom is -0.489 e. The van der Waals surface area contributed by atoms with Gasteiger partial charge >= 0.3 is 5.97 Å². The average Bonchev–Trinajstić information content (AvgIpc) is 3.31. The van der Waals surface area contributed by atoms with Crippen LogP contribution in [0.3, 0.4) is 0 Å². The molecular formula is C27H27N3O4. The van der Waals surface area contributed by atoms with Crippen LogP contribution in [0, 0.1) is 5.92 Å². The van der Waals surface area contributed by atoms with E-state index in [4.69, 9.17) is 4.74 Å². The minimum atomic E-state index is -1.12. The van der Waals surface area contributed by atoms with Gasteiger partial charge in [-0.2, -0.15) is 0 Å². The highest BCUT2D eigenvalue weighted by Gasteiger charge is 2.23. The SMILES string of the molecule is O=C(O)c1c[nH]n2c(=O)c(CC3CCCCC3)c(-c3ccc(OCc4ccccc4)cc3)nc12. The lowest BCUT2D eigenvalue weighted by atomic mass is 9.84. The lowest BCUT2D eigenvalue weighted by molar-refractivity contribution is 0.0698. The molecule has 7 nitrogen and oxygen atoms in total. The first-order valence-electron chi connectivity index (χ1n) is 11.7. The Morgan fingerprint density at radius 3 is 2.50 bits per heavy atom. The Morgan fingerprint density at radius 2 is 1.79 bits per heavy atom. The molecule has 2 heterocycles. The molecule has 1 aliphatic carbocycles. The van der Waals surface area contributed by atoms with Gasteiger partial charge in [-0.1, -0.05) is 62.4 Å². The van der Waals surface area contributed by atoms with Crippen LogP contribution in [-0.2, 0) is 13.0 Å². The normalized spacial score (nSPS) is 14.4. The number of aromatic carboxylic acids is 1. The van der Waals surface area contributed by atoms with E-state index >= 15 is 0 Å². The summed E-state index contributed by atoms with van der Waals surface area (Å²) in [6.45, 7) is 0.462. The fourth-order valence-electron chi connectivity index (χ4n) is 4.76. The quantitative estimate of drug-likeness (QED) is 0.403. The molecule has 1 saturated carbocycles. The van der Waals surface area contributed by atoms with Gasteiger partial charge in [-0.05, 0) is 42.2 Å². The van der Waals surface area contributed by atoms with E-state index in [-0.39, 0.29) is 16.8 Å². The van der Waals surface area contributed by atoms with Crippen molar-refractivity contribution >= 4 is 11.6 Å². The second kappa shape index (κ2) is 9.55. The van der Waals surface area contributed by atoms with Gasteiger partial charge < -0.3 is 9.84 Å². The highest BCUT2D eigenvalue weighted by atomic mass is 16.5. The van der Waals surface area contributed by atoms with E-state index in [0.29, 0.717) is 36.0 Å². The molecule has 0 saturated heterocycles. The lowest BCUT2D eigenvalue weighted by Crippen LogP contribution is -2.24. The molecule has 4 aromatic rings. The number of hydrogen-bond donors (Lipinski definition) is 2. The van der Waals surface area contributed by atoms with Crippen LogP contribution in [0.5, 0.6) is 5.75 Å². The molecule has 2 N–H and O–H groups in total. The van der Waals surface area contributed by atoms with Gasteiger partial charge in [0.15, 0.2) is 5.65 Å². The maximum atomic E-state index is 13.4. The van der Waals surface area contributed by atoms with Crippen LogP contribution in [0.1, 0.15) is 53.6 Å². The number of carboxylic acid groups (broad SMARTS) is 1. The molecule has 5 rings (SSSR count). The number of hydrogen-bond acceptors (Lipinski definition) is 4. The van der Waals surface area contributed by atoms with Gasteiger partial charge in [0.2, 0.25) is 0 Å². The summed E-state index contributed by atoms with van der Waals surface area (Å²) in [6, 6.07) is 17.4. The Morgan fingerprint density at radius 1 is 1.06 bits per heavy atom. The van der Waals surface area contributed by atoms with Crippen LogP contribution in [0.4, 0.5) is 0 Å². The Balaban J connectivity index is 1.51. The molecule has 0 atom stereocenters. The number of carboxylic acids is 1. The highest BCUT2D eigenvalue weighted by Crippen LogP contribution is 2.30. The highest BCUT2D eigenvalue weighted by molar-refractivity contribution is 5.94. The molecule has 0 unspecified atom stereocenters. The largest absolute Gasteiger partial charge is 0.489 e. The van der Waals surface area contributed by atoms with Crippen molar-refractivity contribution in [3.63, 3.8) is 0 Å². The van der Waals surface area contributed by atoms with E-state index in [9.17, 15) is 14.7 Å². The Bertz CT molecular complexity index is 1350. The Labute approximate surface area is 197 Å². The van der Waals surface area contributed by atoms with E-state index in [2.05, 4.69) is 10.1 Å². The fraction of sp³-hybridized carbons (Fsp3) is 0.296. The van der Waals surface area contributed by atoms with Crippen LogP contribution in [-0.4, -0.2) is 25.7 Å². The number of benzene rings is 2. The average molecular weight is 458 g/mol. The van der Waals surface area contributed by atoms with Gasteiger partial charge in [0.1, 0.15) is 17.9 Å². The lowest BCUT2D eigenvalue weighted by Gasteiger charge is -2.22. The maximum absolute atomic E-state index is 13.4. The zero-order chi connectivity index (χ0) is 23.5. The first kappa shape index (κ1) is 21.9. The molecule has 0 spiro atoms. The van der Waals surface area contributed by atoms with Crippen LogP contribution < -0.4 is 10.3 Å². The molecule has 34 heavy (non-hydrogen) atoms. The van der Waals surface area contributed by atoms with Crippen LogP contribution >= 0.6 is 0 Å². The van der Waals surface area contributed by atoms with Crippen molar-refractivity contribution in [2.75, 3.05) is 0 Å². The van der Waals surface area contributed by atoms with Crippen molar-refractivity contribution in [2.24, 2.45) is 5.92 Å². The number of ether oxygens (including phenoxy) is 1. The minimum absolute atomic E-state index is 0.0228. The maximum Gasteiger partial charge on any atom is 0.341 e. The Hall–Kier alpha value is -3.87. The number of fused-ring (bicyclic) bond motifs is 1. The molecule has 174 valence electrons. The van der Waals surface area contributed by atoms with E-state index in [1.807, 2.05) is 54.6 Å². The smallest absolute Gasteiger partial charge is 0.341 e. The molecule has 0 bridgehead atoms. The number of carbonyl (C=O) groups is 1. The molecule has 1 fully saturated rings. The third kappa shape index (κ3) is 4.46. The predicted molar refractivity (Wildman–Crippen MR) is 129 cm³/mol. The summed E-state index contributed by atoms with van der Waals surface area (Å²) >= 11 is 0. The van der Waals surface area contributed by atoms with Gasteiger partial charge in [-0.15, -0.1) is 0 Å². The van der Waals surface area contributed by atoms with Gasteiger partial charge in [0.05, 0.1) is 5.69 Å². The molecule has 7 heteroatoms. The molecule has 0 amide bonds. The summed E-state index contributed by atoms with van der Waals surface area (Å²) in [6.07, 6.45) is 7.74. The summed E-state index contributed by atoms with van der Waals surface area (Å²) in [7, 11) is 0. The van der Waals surface area contributed by atoms with Gasteiger partial charge in [-0.3, -0.25) is 9.89 Å². The van der Waals surface area contributed by atoms with E-state index in [1.54, 1.807) is 0 Å². The van der Waals surface area contributed by atoms with E-state index in [0.717, 1.165) is 24.0 Å². The molecule has 2 aromatic heterocycles. The monoisotopic (exact) mass is 457 g/mol. The van der Waals surface area contributed by atoms with Gasteiger partial charge in [0, 0.05) is 17.3 Å². The van der Waals surface area contributed by atoms with Crippen LogP contribution in [0.2, 0.25) is 0 Å². The molecule has 0 aliphatic heterocycles. The first-order valence-corrected chi connectivity index (χ1v) is 11.7. The summed E-state index contributed by atoms with van der Waals surface area (Å²) in [4.78, 5) is 29.8. The zero-order valence-corrected chi connectivity index (χ0v) is 18.9. The number of H-pyrrole nitrogens is 1. The van der Waals surface area contributed by atoms with Gasteiger partial charge in [0.25, 0.3) is 5.56 Å². The summed E-state index contributed by atoms with van der Waals surface area (Å²) < 4.78 is 7.15. The predicted octanol–water partition coefficient (Wildman–Crippen LogP) is 5.09. The van der Waals surface area contributed by atoms with Crippen molar-refractivity contribution in [2.45, 2.75) is 45.1 Å². The third-order valence-corrected chi connectivity index (χ3v) is 6.58. The van der Waals surface area contributed by atoms with Crippen molar-refractivity contribution in [3.8, 4) is 17.0 Å². The molecule has 1 aliphatic rings. The first-order chi connectivity index (χ1) is 16.6. The van der Waals surface area contributed by atoms with E-state index < -0.39 is 5.97 Å². The molecule has 0 radical (unpaired) electrons. The van der Waals surface area contributed by atoms with Crippen molar-refractivity contribution < 1.29 is 14.6 Å². The molecular weight excluding hydrogens is 430 g/mol. The fourth-order valence-corrected chi connectivity index (χ4v) is 4.76. The summed E-state index contributed by atoms with van der Waals surface area (Å²) in [5.41, 5.74) is 2.90. The molecule has 2 aromatic carbocycles. The second-order valence-corrected chi connectivity index (χ2v) is 8.90. The summed E-state index contributed by atoms with van der Waals surface area (Å²) in [5, 5.41) is 12.3. The van der Waals surface area contributed by atoms with Crippen molar-refractivity contribution in [1.82, 2.24) is 14.6 Å². The third-order valence-electron chi connectivity index (χ3n) is 6.58. The zero-order valence-electron chi connectivity index (χ0n) is 18.9. The van der Waals surface area contributed by atoms with Crippen molar-refractivity contribution in [1.29, 1.82) is 0 Å². The summed E-state index contributed by atoms with van der Waals surface area (Å²) in [5.74, 6) is 0.0239.